The topological polar surface area (TPSA) is 36.3 Å². The first kappa shape index (κ1) is 14.0. The molecule has 3 rings (SSSR count). The average molecular weight is 384 g/mol. The van der Waals surface area contributed by atoms with Gasteiger partial charge in [0.25, 0.3) is 0 Å². The van der Waals surface area contributed by atoms with E-state index in [-0.39, 0.29) is 0 Å². The first-order valence-corrected chi connectivity index (χ1v) is 7.82. The normalized spacial score (nSPS) is 17.4. The Morgan fingerprint density at radius 2 is 1.95 bits per heavy atom. The van der Waals surface area contributed by atoms with Gasteiger partial charge in [0.2, 0.25) is 0 Å². The van der Waals surface area contributed by atoms with Gasteiger partial charge in [0, 0.05) is 22.4 Å². The van der Waals surface area contributed by atoms with Crippen molar-refractivity contribution in [2.45, 2.75) is 25.2 Å². The van der Waals surface area contributed by atoms with E-state index in [1.165, 1.54) is 9.13 Å². The van der Waals surface area contributed by atoms with Crippen molar-refractivity contribution in [1.29, 1.82) is 0 Å². The first-order valence-electron chi connectivity index (χ1n) is 6.74. The van der Waals surface area contributed by atoms with E-state index in [0.29, 0.717) is 19.8 Å². The summed E-state index contributed by atoms with van der Waals surface area (Å²) in [7, 11) is 0. The number of aromatic nitrogens is 2. The second-order valence-electron chi connectivity index (χ2n) is 4.97. The van der Waals surface area contributed by atoms with Gasteiger partial charge in [-0.1, -0.05) is 12.1 Å². The molecule has 0 radical (unpaired) electrons. The summed E-state index contributed by atoms with van der Waals surface area (Å²) in [5.41, 5.74) is 1.31. The molecule has 1 aliphatic heterocycles. The van der Waals surface area contributed by atoms with E-state index in [2.05, 4.69) is 51.8 Å². The summed E-state index contributed by atoms with van der Waals surface area (Å²) < 4.78 is 15.0. The van der Waals surface area contributed by atoms with Gasteiger partial charge in [0.05, 0.1) is 26.1 Å². The molecular formula is C15H17IN2O2. The minimum absolute atomic E-state index is 0.510. The quantitative estimate of drug-likeness (QED) is 0.744. The Hall–Kier alpha value is -0.920. The van der Waals surface area contributed by atoms with Gasteiger partial charge in [-0.2, -0.15) is 0 Å². The van der Waals surface area contributed by atoms with Crippen LogP contribution in [0, 0.1) is 3.57 Å². The molecule has 0 bridgehead atoms. The van der Waals surface area contributed by atoms with Crippen molar-refractivity contribution in [1.82, 2.24) is 9.55 Å². The fourth-order valence-electron chi connectivity index (χ4n) is 2.46. The summed E-state index contributed by atoms with van der Waals surface area (Å²) in [6, 6.07) is 8.60. The highest BCUT2D eigenvalue weighted by atomic mass is 127. The number of hydrogen-bond donors (Lipinski definition) is 0. The van der Waals surface area contributed by atoms with Gasteiger partial charge in [-0.05, 0) is 46.7 Å². The van der Waals surface area contributed by atoms with Crippen molar-refractivity contribution in [2.24, 2.45) is 0 Å². The second kappa shape index (κ2) is 6.24. The van der Waals surface area contributed by atoms with E-state index in [4.69, 9.17) is 9.47 Å². The van der Waals surface area contributed by atoms with Gasteiger partial charge in [-0.25, -0.2) is 4.98 Å². The minimum atomic E-state index is -0.510. The van der Waals surface area contributed by atoms with Crippen molar-refractivity contribution in [2.75, 3.05) is 13.2 Å². The average Bonchev–Trinajstić information content (AvgIpc) is 3.11. The Bertz CT molecular complexity index is 534. The molecule has 1 aliphatic rings. The number of benzene rings is 1. The molecule has 1 aromatic heterocycles. The number of rotatable bonds is 5. The molecule has 4 nitrogen and oxygen atoms in total. The molecular weight excluding hydrogens is 367 g/mol. The van der Waals surface area contributed by atoms with Gasteiger partial charge in [0.1, 0.15) is 0 Å². The maximum absolute atomic E-state index is 5.89. The highest BCUT2D eigenvalue weighted by Gasteiger charge is 2.36. The molecule has 1 saturated heterocycles. The van der Waals surface area contributed by atoms with Crippen molar-refractivity contribution in [3.05, 3.63) is 52.1 Å². The van der Waals surface area contributed by atoms with Gasteiger partial charge >= 0.3 is 0 Å². The molecule has 2 aromatic rings. The number of halogens is 1. The Labute approximate surface area is 132 Å². The molecule has 0 N–H and O–H groups in total. The second-order valence-corrected chi connectivity index (χ2v) is 6.21. The number of ether oxygens (including phenoxy) is 2. The van der Waals surface area contributed by atoms with E-state index < -0.39 is 5.79 Å². The summed E-state index contributed by atoms with van der Waals surface area (Å²) >= 11 is 2.32. The standard InChI is InChI=1S/C15H17IN2O2/c16-14-3-1-13(2-4-14)5-6-15(19-9-10-20-15)11-18-8-7-17-12-18/h1-4,7-8,12H,5-6,9-11H2. The van der Waals surface area contributed by atoms with Gasteiger partial charge in [-0.3, -0.25) is 0 Å². The van der Waals surface area contributed by atoms with Crippen molar-refractivity contribution < 1.29 is 9.47 Å². The molecule has 0 saturated carbocycles. The molecule has 0 spiro atoms. The number of hydrogen-bond acceptors (Lipinski definition) is 3. The third-order valence-electron chi connectivity index (χ3n) is 3.50. The highest BCUT2D eigenvalue weighted by Crippen LogP contribution is 2.27. The van der Waals surface area contributed by atoms with Crippen LogP contribution in [0.5, 0.6) is 0 Å². The Kier molecular flexibility index (Phi) is 4.38. The van der Waals surface area contributed by atoms with E-state index in [1.54, 1.807) is 12.5 Å². The number of aryl methyl sites for hydroxylation is 1. The molecule has 1 fully saturated rings. The van der Waals surface area contributed by atoms with E-state index in [1.807, 2.05) is 10.8 Å². The van der Waals surface area contributed by atoms with Crippen LogP contribution in [0.15, 0.2) is 43.0 Å². The van der Waals surface area contributed by atoms with Gasteiger partial charge in [-0.15, -0.1) is 0 Å². The predicted molar refractivity (Wildman–Crippen MR) is 84.3 cm³/mol. The zero-order valence-electron chi connectivity index (χ0n) is 11.2. The smallest absolute Gasteiger partial charge is 0.186 e. The lowest BCUT2D eigenvalue weighted by molar-refractivity contribution is -0.171. The minimum Gasteiger partial charge on any atom is -0.346 e. The zero-order valence-corrected chi connectivity index (χ0v) is 13.3. The van der Waals surface area contributed by atoms with E-state index in [9.17, 15) is 0 Å². The van der Waals surface area contributed by atoms with E-state index in [0.717, 1.165) is 12.8 Å². The van der Waals surface area contributed by atoms with Crippen molar-refractivity contribution in [3.8, 4) is 0 Å². The molecule has 20 heavy (non-hydrogen) atoms. The first-order chi connectivity index (χ1) is 9.76. The summed E-state index contributed by atoms with van der Waals surface area (Å²) in [4.78, 5) is 4.07. The predicted octanol–water partition coefficient (Wildman–Crippen LogP) is 2.86. The lowest BCUT2D eigenvalue weighted by atomic mass is 10.0. The van der Waals surface area contributed by atoms with Crippen LogP contribution in [-0.2, 0) is 22.4 Å². The highest BCUT2D eigenvalue weighted by molar-refractivity contribution is 14.1. The van der Waals surface area contributed by atoms with Crippen LogP contribution in [0.2, 0.25) is 0 Å². The van der Waals surface area contributed by atoms with E-state index >= 15 is 0 Å². The van der Waals surface area contributed by atoms with Crippen LogP contribution in [-0.4, -0.2) is 28.6 Å². The molecule has 0 unspecified atom stereocenters. The largest absolute Gasteiger partial charge is 0.346 e. The lowest BCUT2D eigenvalue weighted by Gasteiger charge is -2.27. The Balaban J connectivity index is 1.66. The van der Waals surface area contributed by atoms with Gasteiger partial charge < -0.3 is 14.0 Å². The summed E-state index contributed by atoms with van der Waals surface area (Å²) in [6.45, 7) is 2.03. The van der Waals surface area contributed by atoms with Gasteiger partial charge in [0.15, 0.2) is 5.79 Å². The maximum Gasteiger partial charge on any atom is 0.186 e. The molecule has 1 aromatic carbocycles. The molecule has 106 valence electrons. The molecule has 5 heteroatoms. The third-order valence-corrected chi connectivity index (χ3v) is 4.22. The molecule has 0 aliphatic carbocycles. The van der Waals surface area contributed by atoms with Crippen LogP contribution in [0.3, 0.4) is 0 Å². The molecule has 2 heterocycles. The summed E-state index contributed by atoms with van der Waals surface area (Å²) in [5.74, 6) is -0.510. The van der Waals surface area contributed by atoms with Crippen LogP contribution in [0.25, 0.3) is 0 Å². The zero-order chi connectivity index (χ0) is 13.8. The Morgan fingerprint density at radius 1 is 1.20 bits per heavy atom. The SMILES string of the molecule is Ic1ccc(CCC2(Cn3ccnc3)OCCO2)cc1. The number of imidazole rings is 1. The number of nitrogens with zero attached hydrogens (tertiary/aromatic N) is 2. The fraction of sp³-hybridized carbons (Fsp3) is 0.400. The van der Waals surface area contributed by atoms with Crippen molar-refractivity contribution >= 4 is 22.6 Å². The maximum atomic E-state index is 5.89. The summed E-state index contributed by atoms with van der Waals surface area (Å²) in [6.07, 6.45) is 7.33. The molecule has 0 amide bonds. The van der Waals surface area contributed by atoms with Crippen LogP contribution >= 0.6 is 22.6 Å². The summed E-state index contributed by atoms with van der Waals surface area (Å²) in [5, 5.41) is 0. The lowest BCUT2D eigenvalue weighted by Crippen LogP contribution is -2.35. The van der Waals surface area contributed by atoms with Crippen molar-refractivity contribution in [3.63, 3.8) is 0 Å². The van der Waals surface area contributed by atoms with Crippen LogP contribution in [0.4, 0.5) is 0 Å². The van der Waals surface area contributed by atoms with Crippen LogP contribution in [0.1, 0.15) is 12.0 Å². The Morgan fingerprint density at radius 3 is 2.60 bits per heavy atom. The van der Waals surface area contributed by atoms with Crippen LogP contribution < -0.4 is 0 Å². The molecule has 0 atom stereocenters. The monoisotopic (exact) mass is 384 g/mol. The fourth-order valence-corrected chi connectivity index (χ4v) is 2.82. The third kappa shape index (κ3) is 3.39.